The lowest BCUT2D eigenvalue weighted by Gasteiger charge is -2.13. The van der Waals surface area contributed by atoms with Crippen molar-refractivity contribution in [3.8, 4) is 5.82 Å². The van der Waals surface area contributed by atoms with Gasteiger partial charge in [-0.2, -0.15) is 18.3 Å². The number of aromatic nitrogens is 3. The van der Waals surface area contributed by atoms with E-state index in [9.17, 15) is 21.6 Å². The monoisotopic (exact) mass is 410 g/mol. The first-order chi connectivity index (χ1) is 12.9. The molecule has 0 unspecified atom stereocenters. The molecule has 3 aromatic rings. The largest absolute Gasteiger partial charge is 0.416 e. The molecule has 0 amide bonds. The minimum Gasteiger partial charge on any atom is -0.340 e. The highest BCUT2D eigenvalue weighted by atomic mass is 32.2. The van der Waals surface area contributed by atoms with Crippen LogP contribution in [0.2, 0.25) is 0 Å². The SMILES string of the molecule is Cc1cc(C)n(-c2cc(S(C)(=O)=O)cc(Nc3cccc(C(F)(F)F)c3)n2)n1. The van der Waals surface area contributed by atoms with Crippen molar-refractivity contribution < 1.29 is 21.6 Å². The molecule has 0 saturated carbocycles. The number of pyridine rings is 1. The first-order valence-electron chi connectivity index (χ1n) is 8.13. The second kappa shape index (κ2) is 6.93. The van der Waals surface area contributed by atoms with Crippen LogP contribution in [-0.2, 0) is 16.0 Å². The maximum atomic E-state index is 12.9. The molecule has 1 aromatic carbocycles. The lowest BCUT2D eigenvalue weighted by Crippen LogP contribution is -2.08. The van der Waals surface area contributed by atoms with Gasteiger partial charge in [0.2, 0.25) is 0 Å². The summed E-state index contributed by atoms with van der Waals surface area (Å²) in [6.45, 7) is 3.57. The van der Waals surface area contributed by atoms with Gasteiger partial charge in [-0.25, -0.2) is 18.1 Å². The summed E-state index contributed by atoms with van der Waals surface area (Å²) in [7, 11) is -3.59. The maximum absolute atomic E-state index is 12.9. The third-order valence-corrected chi connectivity index (χ3v) is 4.99. The van der Waals surface area contributed by atoms with E-state index in [2.05, 4.69) is 15.4 Å². The Morgan fingerprint density at radius 1 is 1.07 bits per heavy atom. The molecule has 0 fully saturated rings. The highest BCUT2D eigenvalue weighted by molar-refractivity contribution is 7.90. The molecule has 6 nitrogen and oxygen atoms in total. The van der Waals surface area contributed by atoms with Crippen molar-refractivity contribution in [1.29, 1.82) is 0 Å². The van der Waals surface area contributed by atoms with Gasteiger partial charge in [-0.15, -0.1) is 0 Å². The molecule has 0 bridgehead atoms. The number of halogens is 3. The quantitative estimate of drug-likeness (QED) is 0.702. The number of sulfone groups is 1. The fourth-order valence-corrected chi connectivity index (χ4v) is 3.31. The molecule has 0 atom stereocenters. The molecule has 2 aromatic heterocycles. The van der Waals surface area contributed by atoms with E-state index in [4.69, 9.17) is 0 Å². The average Bonchev–Trinajstić information content (AvgIpc) is 2.92. The van der Waals surface area contributed by atoms with Crippen molar-refractivity contribution in [3.63, 3.8) is 0 Å². The van der Waals surface area contributed by atoms with Crippen LogP contribution in [0.3, 0.4) is 0 Å². The van der Waals surface area contributed by atoms with Gasteiger partial charge >= 0.3 is 6.18 Å². The zero-order chi connectivity index (χ0) is 20.7. The molecular formula is C18H17F3N4O2S. The standard InChI is InChI=1S/C18H17F3N4O2S/c1-11-7-12(2)25(24-11)17-10-15(28(3,26)27)9-16(23-17)22-14-6-4-5-13(8-14)18(19,20)21/h4-10H,1-3H3,(H,22,23). The highest BCUT2D eigenvalue weighted by Gasteiger charge is 2.30. The molecular weight excluding hydrogens is 393 g/mol. The van der Waals surface area contributed by atoms with Crippen LogP contribution in [0.5, 0.6) is 0 Å². The average molecular weight is 410 g/mol. The van der Waals surface area contributed by atoms with E-state index in [-0.39, 0.29) is 22.2 Å². The second-order valence-corrected chi connectivity index (χ2v) is 8.38. The topological polar surface area (TPSA) is 76.9 Å². The van der Waals surface area contributed by atoms with Crippen LogP contribution in [0.1, 0.15) is 17.0 Å². The lowest BCUT2D eigenvalue weighted by molar-refractivity contribution is -0.137. The van der Waals surface area contributed by atoms with E-state index in [0.717, 1.165) is 29.8 Å². The van der Waals surface area contributed by atoms with Crippen LogP contribution in [0.15, 0.2) is 47.4 Å². The molecule has 0 spiro atoms. The summed E-state index contributed by atoms with van der Waals surface area (Å²) in [5.41, 5.74) is 0.764. The lowest BCUT2D eigenvalue weighted by atomic mass is 10.2. The molecule has 0 saturated heterocycles. The van der Waals surface area contributed by atoms with Crippen molar-refractivity contribution >= 4 is 21.3 Å². The Balaban J connectivity index is 2.09. The van der Waals surface area contributed by atoms with Crippen LogP contribution < -0.4 is 5.32 Å². The highest BCUT2D eigenvalue weighted by Crippen LogP contribution is 2.31. The summed E-state index contributed by atoms with van der Waals surface area (Å²) < 4.78 is 64.4. The van der Waals surface area contributed by atoms with E-state index in [1.165, 1.54) is 28.9 Å². The number of anilines is 2. The van der Waals surface area contributed by atoms with Crippen LogP contribution in [0.4, 0.5) is 24.7 Å². The third-order valence-electron chi connectivity index (χ3n) is 3.90. The van der Waals surface area contributed by atoms with Gasteiger partial charge in [0.25, 0.3) is 0 Å². The van der Waals surface area contributed by atoms with Gasteiger partial charge in [-0.3, -0.25) is 0 Å². The molecule has 2 heterocycles. The van der Waals surface area contributed by atoms with Gasteiger partial charge in [0.1, 0.15) is 5.82 Å². The predicted molar refractivity (Wildman–Crippen MR) is 98.7 cm³/mol. The van der Waals surface area contributed by atoms with Crippen molar-refractivity contribution in [3.05, 3.63) is 59.4 Å². The fourth-order valence-electron chi connectivity index (χ4n) is 2.66. The van der Waals surface area contributed by atoms with E-state index < -0.39 is 21.6 Å². The minimum atomic E-state index is -4.49. The molecule has 0 radical (unpaired) electrons. The molecule has 0 aliphatic heterocycles. The molecule has 148 valence electrons. The van der Waals surface area contributed by atoms with Gasteiger partial charge < -0.3 is 5.32 Å². The zero-order valence-electron chi connectivity index (χ0n) is 15.2. The van der Waals surface area contributed by atoms with Gasteiger partial charge in [-0.1, -0.05) is 6.07 Å². The zero-order valence-corrected chi connectivity index (χ0v) is 16.1. The summed E-state index contributed by atoms with van der Waals surface area (Å²) in [5.74, 6) is 0.327. The summed E-state index contributed by atoms with van der Waals surface area (Å²) in [6.07, 6.45) is -3.45. The van der Waals surface area contributed by atoms with Crippen LogP contribution in [0, 0.1) is 13.8 Å². The maximum Gasteiger partial charge on any atom is 0.416 e. The molecule has 10 heteroatoms. The second-order valence-electron chi connectivity index (χ2n) is 6.36. The van der Waals surface area contributed by atoms with Crippen LogP contribution in [-0.4, -0.2) is 29.4 Å². The van der Waals surface area contributed by atoms with Crippen LogP contribution >= 0.6 is 0 Å². The molecule has 3 rings (SSSR count). The summed E-state index contributed by atoms with van der Waals surface area (Å²) >= 11 is 0. The number of nitrogens with zero attached hydrogens (tertiary/aromatic N) is 3. The van der Waals surface area contributed by atoms with E-state index in [1.54, 1.807) is 19.9 Å². The van der Waals surface area contributed by atoms with Gasteiger partial charge in [0.15, 0.2) is 15.7 Å². The Labute approximate surface area is 160 Å². The van der Waals surface area contributed by atoms with Crippen molar-refractivity contribution in [2.75, 3.05) is 11.6 Å². The van der Waals surface area contributed by atoms with E-state index in [1.807, 2.05) is 0 Å². The van der Waals surface area contributed by atoms with E-state index in [0.29, 0.717) is 0 Å². The van der Waals surface area contributed by atoms with Crippen molar-refractivity contribution in [1.82, 2.24) is 14.8 Å². The number of benzene rings is 1. The van der Waals surface area contributed by atoms with Gasteiger partial charge in [0.05, 0.1) is 16.2 Å². The summed E-state index contributed by atoms with van der Waals surface area (Å²) in [4.78, 5) is 4.29. The molecule has 28 heavy (non-hydrogen) atoms. The molecule has 1 N–H and O–H groups in total. The first kappa shape index (κ1) is 19.9. The predicted octanol–water partition coefficient (Wildman–Crippen LogP) is 4.05. The first-order valence-corrected chi connectivity index (χ1v) is 10.0. The third kappa shape index (κ3) is 4.33. The van der Waals surface area contributed by atoms with E-state index >= 15 is 0 Å². The Morgan fingerprint density at radius 3 is 2.36 bits per heavy atom. The Hall–Kier alpha value is -2.88. The summed E-state index contributed by atoms with van der Waals surface area (Å²) in [6, 6.07) is 9.01. The number of nitrogens with one attached hydrogen (secondary N) is 1. The van der Waals surface area contributed by atoms with Crippen molar-refractivity contribution in [2.45, 2.75) is 24.9 Å². The number of alkyl halides is 3. The Kier molecular flexibility index (Phi) is 4.92. The van der Waals surface area contributed by atoms with Gasteiger partial charge in [-0.05, 0) is 44.2 Å². The normalized spacial score (nSPS) is 12.2. The number of rotatable bonds is 4. The smallest absolute Gasteiger partial charge is 0.340 e. The fraction of sp³-hybridized carbons (Fsp3) is 0.222. The Bertz CT molecular complexity index is 1140. The van der Waals surface area contributed by atoms with Crippen LogP contribution in [0.25, 0.3) is 5.82 Å². The molecule has 0 aliphatic carbocycles. The Morgan fingerprint density at radius 2 is 1.79 bits per heavy atom. The van der Waals surface area contributed by atoms with Crippen molar-refractivity contribution in [2.24, 2.45) is 0 Å². The number of aryl methyl sites for hydroxylation is 2. The summed E-state index contributed by atoms with van der Waals surface area (Å²) in [5, 5.41) is 7.03. The number of hydrogen-bond acceptors (Lipinski definition) is 5. The molecule has 0 aliphatic rings. The number of hydrogen-bond donors (Lipinski definition) is 1. The van der Waals surface area contributed by atoms with Gasteiger partial charge in [0, 0.05) is 23.7 Å². The minimum absolute atomic E-state index is 0.0282.